The van der Waals surface area contributed by atoms with Crippen LogP contribution in [0.2, 0.25) is 0 Å². The first kappa shape index (κ1) is 11.3. The summed E-state index contributed by atoms with van der Waals surface area (Å²) in [5, 5.41) is 3.71. The van der Waals surface area contributed by atoms with E-state index in [-0.39, 0.29) is 12.3 Å². The van der Waals surface area contributed by atoms with Crippen LogP contribution in [-0.2, 0) is 9.53 Å². The second kappa shape index (κ2) is 4.36. The molecule has 0 aliphatic rings. The molecule has 0 amide bonds. The van der Waals surface area contributed by atoms with E-state index in [2.05, 4.69) is 9.84 Å². The van der Waals surface area contributed by atoms with E-state index >= 15 is 0 Å². The van der Waals surface area contributed by atoms with E-state index in [9.17, 15) is 14.0 Å². The average molecular weight is 239 g/mol. The van der Waals surface area contributed by atoms with Crippen molar-refractivity contribution in [3.05, 3.63) is 34.9 Å². The summed E-state index contributed by atoms with van der Waals surface area (Å²) in [5.41, 5.74) is -0.453. The molecule has 0 radical (unpaired) electrons. The Morgan fingerprint density at radius 3 is 3.00 bits per heavy atom. The molecule has 2 aromatic heterocycles. The Bertz CT molecular complexity index is 604. The number of hydrogen-bond donors (Lipinski definition) is 0. The second-order valence-electron chi connectivity index (χ2n) is 3.24. The van der Waals surface area contributed by atoms with Gasteiger partial charge in [0, 0.05) is 6.20 Å². The lowest BCUT2D eigenvalue weighted by Gasteiger charge is -2.05. The Morgan fingerprint density at radius 2 is 2.35 bits per heavy atom. The van der Waals surface area contributed by atoms with Gasteiger partial charge >= 0.3 is 11.7 Å². The van der Waals surface area contributed by atoms with Crippen molar-refractivity contribution in [2.45, 2.75) is 13.2 Å². The van der Waals surface area contributed by atoms with Gasteiger partial charge in [-0.2, -0.15) is 4.68 Å². The number of aromatic nitrogens is 3. The third-order valence-corrected chi connectivity index (χ3v) is 2.15. The fourth-order valence-electron chi connectivity index (χ4n) is 1.40. The molecule has 0 saturated heterocycles. The van der Waals surface area contributed by atoms with Crippen molar-refractivity contribution in [2.24, 2.45) is 0 Å². The molecule has 0 aliphatic carbocycles. The maximum atomic E-state index is 13.6. The number of esters is 1. The van der Waals surface area contributed by atoms with Crippen molar-refractivity contribution in [3.8, 4) is 0 Å². The molecule has 0 spiro atoms. The number of ether oxygens (including phenoxy) is 1. The highest BCUT2D eigenvalue weighted by Gasteiger charge is 2.24. The number of hydrogen-bond acceptors (Lipinski definition) is 4. The molecule has 0 bridgehead atoms. The van der Waals surface area contributed by atoms with Crippen molar-refractivity contribution in [2.75, 3.05) is 6.61 Å². The van der Waals surface area contributed by atoms with Gasteiger partial charge in [-0.3, -0.25) is 4.40 Å². The molecular formula is C10H10FN3O3. The number of halogens is 1. The first-order chi connectivity index (χ1) is 8.15. The van der Waals surface area contributed by atoms with Crippen LogP contribution in [-0.4, -0.2) is 26.8 Å². The van der Waals surface area contributed by atoms with E-state index in [1.54, 1.807) is 19.1 Å². The molecule has 0 aliphatic heterocycles. The Balaban J connectivity index is 2.46. The zero-order valence-corrected chi connectivity index (χ0v) is 9.04. The van der Waals surface area contributed by atoms with Gasteiger partial charge in [0.15, 0.2) is 5.65 Å². The fraction of sp³-hybridized carbons (Fsp3) is 0.300. The van der Waals surface area contributed by atoms with Gasteiger partial charge in [-0.25, -0.2) is 14.0 Å². The number of fused-ring (bicyclic) bond motifs is 1. The summed E-state index contributed by atoms with van der Waals surface area (Å²) in [4.78, 5) is 22.9. The molecule has 17 heavy (non-hydrogen) atoms. The van der Waals surface area contributed by atoms with E-state index in [0.717, 1.165) is 4.40 Å². The number of nitrogens with zero attached hydrogens (tertiary/aromatic N) is 3. The molecule has 0 saturated carbocycles. The number of rotatable bonds is 3. The lowest BCUT2D eigenvalue weighted by molar-refractivity contribution is -0.153. The minimum atomic E-state index is -2.22. The van der Waals surface area contributed by atoms with Crippen LogP contribution in [0.15, 0.2) is 29.2 Å². The van der Waals surface area contributed by atoms with Gasteiger partial charge in [0.05, 0.1) is 6.61 Å². The number of carbonyl (C=O) groups excluding carboxylic acids is 1. The van der Waals surface area contributed by atoms with E-state index in [1.807, 2.05) is 0 Å². The highest BCUT2D eigenvalue weighted by molar-refractivity contribution is 5.72. The van der Waals surface area contributed by atoms with Gasteiger partial charge in [-0.05, 0) is 19.1 Å². The highest BCUT2D eigenvalue weighted by Crippen LogP contribution is 2.07. The Hall–Kier alpha value is -2.18. The van der Waals surface area contributed by atoms with E-state index in [1.165, 1.54) is 12.3 Å². The molecule has 1 atom stereocenters. The molecule has 90 valence electrons. The van der Waals surface area contributed by atoms with Crippen LogP contribution in [0.5, 0.6) is 0 Å². The average Bonchev–Trinajstić information content (AvgIpc) is 2.67. The minimum absolute atomic E-state index is 0.0430. The van der Waals surface area contributed by atoms with Crippen LogP contribution in [0.1, 0.15) is 13.2 Å². The van der Waals surface area contributed by atoms with Gasteiger partial charge in [0.1, 0.15) is 0 Å². The van der Waals surface area contributed by atoms with Crippen molar-refractivity contribution in [1.82, 2.24) is 14.2 Å². The summed E-state index contributed by atoms with van der Waals surface area (Å²) in [7, 11) is 0. The first-order valence-corrected chi connectivity index (χ1v) is 5.01. The van der Waals surface area contributed by atoms with Crippen molar-refractivity contribution >= 4 is 11.6 Å². The number of pyridine rings is 1. The quantitative estimate of drug-likeness (QED) is 0.733. The molecule has 2 rings (SSSR count). The van der Waals surface area contributed by atoms with Gasteiger partial charge in [0.2, 0.25) is 0 Å². The van der Waals surface area contributed by atoms with Crippen LogP contribution >= 0.6 is 0 Å². The third-order valence-electron chi connectivity index (χ3n) is 2.15. The molecule has 2 heterocycles. The summed E-state index contributed by atoms with van der Waals surface area (Å²) in [6, 6.07) is 4.80. The number of alkyl halides is 1. The Kier molecular flexibility index (Phi) is 2.90. The highest BCUT2D eigenvalue weighted by atomic mass is 19.1. The summed E-state index contributed by atoms with van der Waals surface area (Å²) in [6.45, 7) is 1.60. The lowest BCUT2D eigenvalue weighted by atomic mass is 10.5. The van der Waals surface area contributed by atoms with Gasteiger partial charge in [0.25, 0.3) is 6.30 Å². The topological polar surface area (TPSA) is 65.6 Å². The summed E-state index contributed by atoms with van der Waals surface area (Å²) >= 11 is 0. The maximum absolute atomic E-state index is 13.6. The Labute approximate surface area is 95.2 Å². The van der Waals surface area contributed by atoms with Gasteiger partial charge in [-0.15, -0.1) is 5.10 Å². The van der Waals surface area contributed by atoms with Crippen LogP contribution in [0, 0.1) is 0 Å². The standard InChI is InChI=1S/C10H10FN3O3/c1-2-17-9(15)8(11)14-10(16)13-6-4-3-5-7(13)12-14/h3-6,8H,2H2,1H3. The zero-order valence-electron chi connectivity index (χ0n) is 9.04. The summed E-state index contributed by atoms with van der Waals surface area (Å²) in [5.74, 6) is -1.13. The molecule has 7 heteroatoms. The largest absolute Gasteiger partial charge is 0.462 e. The predicted molar refractivity (Wildman–Crippen MR) is 56.2 cm³/mol. The van der Waals surface area contributed by atoms with Gasteiger partial charge < -0.3 is 4.74 Å². The smallest absolute Gasteiger partial charge is 0.364 e. The van der Waals surface area contributed by atoms with Crippen LogP contribution in [0.3, 0.4) is 0 Å². The van der Waals surface area contributed by atoms with Crippen LogP contribution in [0.25, 0.3) is 5.65 Å². The molecule has 0 N–H and O–H groups in total. The second-order valence-corrected chi connectivity index (χ2v) is 3.24. The summed E-state index contributed by atoms with van der Waals surface area (Å²) < 4.78 is 19.7. The maximum Gasteiger partial charge on any atom is 0.364 e. The van der Waals surface area contributed by atoms with E-state index < -0.39 is 18.0 Å². The lowest BCUT2D eigenvalue weighted by Crippen LogP contribution is -2.29. The normalized spacial score (nSPS) is 12.6. The fourth-order valence-corrected chi connectivity index (χ4v) is 1.40. The van der Waals surface area contributed by atoms with Crippen LogP contribution < -0.4 is 5.69 Å². The van der Waals surface area contributed by atoms with Crippen molar-refractivity contribution in [3.63, 3.8) is 0 Å². The monoisotopic (exact) mass is 239 g/mol. The van der Waals surface area contributed by atoms with Gasteiger partial charge in [-0.1, -0.05) is 6.07 Å². The van der Waals surface area contributed by atoms with Crippen molar-refractivity contribution < 1.29 is 13.9 Å². The zero-order chi connectivity index (χ0) is 12.4. The molecule has 1 unspecified atom stereocenters. The number of carbonyl (C=O) groups is 1. The third kappa shape index (κ3) is 1.91. The molecule has 0 aromatic carbocycles. The molecule has 0 fully saturated rings. The molecule has 2 aromatic rings. The van der Waals surface area contributed by atoms with E-state index in [4.69, 9.17) is 0 Å². The van der Waals surface area contributed by atoms with E-state index in [0.29, 0.717) is 4.68 Å². The van der Waals surface area contributed by atoms with Crippen molar-refractivity contribution in [1.29, 1.82) is 0 Å². The molecular weight excluding hydrogens is 229 g/mol. The first-order valence-electron chi connectivity index (χ1n) is 5.01. The molecule has 6 nitrogen and oxygen atoms in total. The van der Waals surface area contributed by atoms with Crippen LogP contribution in [0.4, 0.5) is 4.39 Å². The summed E-state index contributed by atoms with van der Waals surface area (Å²) in [6.07, 6.45) is -0.777. The minimum Gasteiger partial charge on any atom is -0.462 e. The Morgan fingerprint density at radius 1 is 1.59 bits per heavy atom. The SMILES string of the molecule is CCOC(=O)C(F)n1nc2ccccn2c1=O. The predicted octanol–water partition coefficient (Wildman–Crippen LogP) is 0.527.